The number of aromatic nitrogens is 2. The monoisotopic (exact) mass is 352 g/mol. The van der Waals surface area contributed by atoms with E-state index in [2.05, 4.69) is 27.5 Å². The second-order valence-electron chi connectivity index (χ2n) is 4.15. The predicted molar refractivity (Wildman–Crippen MR) is 73.4 cm³/mol. The lowest BCUT2D eigenvalue weighted by molar-refractivity contribution is 0.00106. The van der Waals surface area contributed by atoms with Gasteiger partial charge in [-0.1, -0.05) is 22.5 Å². The molecule has 0 saturated carbocycles. The van der Waals surface area contributed by atoms with E-state index in [0.717, 1.165) is 4.57 Å². The van der Waals surface area contributed by atoms with Crippen LogP contribution in [0.5, 0.6) is 0 Å². The molecule has 0 radical (unpaired) electrons. The van der Waals surface area contributed by atoms with E-state index in [1.807, 2.05) is 0 Å². The van der Waals surface area contributed by atoms with Gasteiger partial charge >= 0.3 is 5.69 Å². The van der Waals surface area contributed by atoms with Crippen LogP contribution in [0.1, 0.15) is 18.2 Å². The van der Waals surface area contributed by atoms with Gasteiger partial charge in [0.25, 0.3) is 5.56 Å². The minimum atomic E-state index is -1.24. The second kappa shape index (κ2) is 5.60. The highest BCUT2D eigenvalue weighted by atomic mass is 79.9. The van der Waals surface area contributed by atoms with Crippen LogP contribution in [0, 0.1) is 0 Å². The number of ether oxygens (including phenoxy) is 1. The molecule has 1 unspecified atom stereocenters. The van der Waals surface area contributed by atoms with Crippen molar-refractivity contribution >= 4 is 32.0 Å². The number of H-pyrrole nitrogens is 1. The Morgan fingerprint density at radius 2 is 2.37 bits per heavy atom. The summed E-state index contributed by atoms with van der Waals surface area (Å²) in [5, 5.41) is 0. The van der Waals surface area contributed by atoms with Gasteiger partial charge in [0.05, 0.1) is 11.4 Å². The molecular formula is C11H11BrClFN2O3. The van der Waals surface area contributed by atoms with Crippen molar-refractivity contribution in [2.24, 2.45) is 0 Å². The van der Waals surface area contributed by atoms with Gasteiger partial charge in [-0.05, 0) is 0 Å². The molecule has 1 aliphatic heterocycles. The molecule has 1 aliphatic rings. The fourth-order valence-corrected chi connectivity index (χ4v) is 2.44. The highest BCUT2D eigenvalue weighted by Gasteiger charge is 2.36. The van der Waals surface area contributed by atoms with Gasteiger partial charge in [-0.25, -0.2) is 9.18 Å². The molecule has 19 heavy (non-hydrogen) atoms. The summed E-state index contributed by atoms with van der Waals surface area (Å²) >= 11 is 8.64. The molecule has 0 spiro atoms. The molecule has 0 amide bonds. The zero-order valence-corrected chi connectivity index (χ0v) is 12.1. The van der Waals surface area contributed by atoms with Crippen molar-refractivity contribution in [3.63, 3.8) is 0 Å². The Bertz CT molecular complexity index is 615. The fourth-order valence-electron chi connectivity index (χ4n) is 1.89. The summed E-state index contributed by atoms with van der Waals surface area (Å²) in [5.41, 5.74) is -1.03. The number of hydrogen-bond acceptors (Lipinski definition) is 3. The van der Waals surface area contributed by atoms with Crippen molar-refractivity contribution in [2.75, 3.05) is 5.88 Å². The van der Waals surface area contributed by atoms with Crippen LogP contribution >= 0.6 is 27.5 Å². The zero-order valence-electron chi connectivity index (χ0n) is 9.74. The standard InChI is InChI=1S/C11H11BrClFN2O3/c1-5(12)6-4-16(11(18)15-10(6)17)9-2-7(14)8(3-13)19-9/h4,7-9H,1-3H2,(H,15,17,18)/t7?,8-,9-/m1/s1. The van der Waals surface area contributed by atoms with Crippen LogP contribution in [0.15, 0.2) is 22.4 Å². The second-order valence-corrected chi connectivity index (χ2v) is 5.42. The van der Waals surface area contributed by atoms with Crippen molar-refractivity contribution in [3.8, 4) is 0 Å². The first kappa shape index (κ1) is 14.5. The summed E-state index contributed by atoms with van der Waals surface area (Å²) in [5.74, 6) is 0.00772. The number of rotatable bonds is 3. The lowest BCUT2D eigenvalue weighted by Gasteiger charge is -2.14. The average molecular weight is 354 g/mol. The highest BCUT2D eigenvalue weighted by molar-refractivity contribution is 9.15. The number of halogens is 3. The first-order valence-electron chi connectivity index (χ1n) is 5.49. The van der Waals surface area contributed by atoms with E-state index in [1.165, 1.54) is 6.20 Å². The van der Waals surface area contributed by atoms with Crippen LogP contribution in [0.2, 0.25) is 0 Å². The van der Waals surface area contributed by atoms with Gasteiger partial charge in [-0.3, -0.25) is 14.3 Å². The molecule has 3 atom stereocenters. The van der Waals surface area contributed by atoms with E-state index in [4.69, 9.17) is 16.3 Å². The van der Waals surface area contributed by atoms with Crippen molar-refractivity contribution < 1.29 is 9.13 Å². The quantitative estimate of drug-likeness (QED) is 0.842. The predicted octanol–water partition coefficient (Wildman–Crippen LogP) is 1.77. The largest absolute Gasteiger partial charge is 0.350 e. The molecule has 1 fully saturated rings. The Hall–Kier alpha value is -0.920. The Kier molecular flexibility index (Phi) is 4.27. The van der Waals surface area contributed by atoms with Gasteiger partial charge in [0.2, 0.25) is 0 Å². The van der Waals surface area contributed by atoms with E-state index in [1.54, 1.807) is 0 Å². The van der Waals surface area contributed by atoms with Crippen LogP contribution < -0.4 is 11.2 Å². The molecule has 0 aromatic carbocycles. The summed E-state index contributed by atoms with van der Waals surface area (Å²) in [4.78, 5) is 25.4. The van der Waals surface area contributed by atoms with Gasteiger partial charge in [0, 0.05) is 17.1 Å². The molecule has 0 aliphatic carbocycles. The van der Waals surface area contributed by atoms with Crippen molar-refractivity contribution in [1.82, 2.24) is 9.55 Å². The summed E-state index contributed by atoms with van der Waals surface area (Å²) in [6.07, 6.45) is -1.46. The number of hydrogen-bond donors (Lipinski definition) is 1. The Balaban J connectivity index is 2.41. The van der Waals surface area contributed by atoms with Gasteiger partial charge in [0.15, 0.2) is 0 Å². The SMILES string of the molecule is C=C(Br)c1cn([C@H]2CC(F)[C@@H](CCl)O2)c(=O)[nH]c1=O. The Morgan fingerprint density at radius 1 is 1.68 bits per heavy atom. The molecular weight excluding hydrogens is 342 g/mol. The van der Waals surface area contributed by atoms with Gasteiger partial charge in [-0.2, -0.15) is 0 Å². The summed E-state index contributed by atoms with van der Waals surface area (Å²) in [6.45, 7) is 3.57. The first-order chi connectivity index (χ1) is 8.93. The van der Waals surface area contributed by atoms with Gasteiger partial charge in [0.1, 0.15) is 18.5 Å². The minimum Gasteiger partial charge on any atom is -0.350 e. The van der Waals surface area contributed by atoms with Crippen LogP contribution in [0.4, 0.5) is 4.39 Å². The Labute approximate surface area is 121 Å². The van der Waals surface area contributed by atoms with Gasteiger partial charge in [-0.15, -0.1) is 11.6 Å². The molecule has 1 saturated heterocycles. The third-order valence-electron chi connectivity index (χ3n) is 2.88. The summed E-state index contributed by atoms with van der Waals surface area (Å²) in [7, 11) is 0. The number of nitrogens with one attached hydrogen (secondary N) is 1. The van der Waals surface area contributed by atoms with E-state index in [-0.39, 0.29) is 17.9 Å². The molecule has 5 nitrogen and oxygen atoms in total. The van der Waals surface area contributed by atoms with E-state index in [0.29, 0.717) is 4.48 Å². The van der Waals surface area contributed by atoms with Crippen LogP contribution in [-0.4, -0.2) is 27.7 Å². The first-order valence-corrected chi connectivity index (χ1v) is 6.82. The van der Waals surface area contributed by atoms with Crippen LogP contribution in [0.3, 0.4) is 0 Å². The maximum atomic E-state index is 13.6. The lowest BCUT2D eigenvalue weighted by Crippen LogP contribution is -2.33. The molecule has 2 heterocycles. The lowest BCUT2D eigenvalue weighted by atomic mass is 10.2. The van der Waals surface area contributed by atoms with Crippen molar-refractivity contribution in [3.05, 3.63) is 39.2 Å². The molecule has 2 rings (SSSR count). The normalized spacial score (nSPS) is 26.6. The van der Waals surface area contributed by atoms with Crippen LogP contribution in [0.25, 0.3) is 4.48 Å². The average Bonchev–Trinajstić information content (AvgIpc) is 2.69. The minimum absolute atomic E-state index is 0.00772. The summed E-state index contributed by atoms with van der Waals surface area (Å²) < 4.78 is 20.4. The maximum absolute atomic E-state index is 13.6. The van der Waals surface area contributed by atoms with Crippen LogP contribution in [-0.2, 0) is 4.74 Å². The van der Waals surface area contributed by atoms with Crippen molar-refractivity contribution in [1.29, 1.82) is 0 Å². The highest BCUT2D eigenvalue weighted by Crippen LogP contribution is 2.30. The Morgan fingerprint density at radius 3 is 2.89 bits per heavy atom. The number of alkyl halides is 2. The third-order valence-corrected chi connectivity index (χ3v) is 3.62. The number of aromatic amines is 1. The van der Waals surface area contributed by atoms with E-state index >= 15 is 0 Å². The molecule has 0 bridgehead atoms. The molecule has 104 valence electrons. The number of nitrogens with zero attached hydrogens (tertiary/aromatic N) is 1. The summed E-state index contributed by atoms with van der Waals surface area (Å²) in [6, 6.07) is 0. The van der Waals surface area contributed by atoms with E-state index < -0.39 is 29.8 Å². The molecule has 1 aromatic rings. The molecule has 1 aromatic heterocycles. The molecule has 8 heteroatoms. The smallest absolute Gasteiger partial charge is 0.330 e. The topological polar surface area (TPSA) is 64.1 Å². The third kappa shape index (κ3) is 2.82. The zero-order chi connectivity index (χ0) is 14.2. The molecule has 1 N–H and O–H groups in total. The maximum Gasteiger partial charge on any atom is 0.330 e. The fraction of sp³-hybridized carbons (Fsp3) is 0.455. The van der Waals surface area contributed by atoms with E-state index in [9.17, 15) is 14.0 Å². The van der Waals surface area contributed by atoms with Gasteiger partial charge < -0.3 is 4.74 Å². The van der Waals surface area contributed by atoms with Crippen molar-refractivity contribution in [2.45, 2.75) is 24.9 Å².